The van der Waals surface area contributed by atoms with Gasteiger partial charge in [0.15, 0.2) is 0 Å². The van der Waals surface area contributed by atoms with Crippen molar-refractivity contribution >= 4 is 12.4 Å². The molecule has 132 valence electrons. The van der Waals surface area contributed by atoms with E-state index in [2.05, 4.69) is 15.6 Å². The summed E-state index contributed by atoms with van der Waals surface area (Å²) in [4.78, 5) is 27.9. The molecule has 0 bridgehead atoms. The lowest BCUT2D eigenvalue weighted by Crippen LogP contribution is -2.50. The molecule has 0 unspecified atom stereocenters. The van der Waals surface area contributed by atoms with Gasteiger partial charge in [0, 0.05) is 37.6 Å². The third-order valence-corrected chi connectivity index (χ3v) is 4.52. The van der Waals surface area contributed by atoms with E-state index in [4.69, 9.17) is 0 Å². The van der Waals surface area contributed by atoms with Gasteiger partial charge in [-0.25, -0.2) is 4.79 Å². The lowest BCUT2D eigenvalue weighted by molar-refractivity contribution is -0.119. The topological polar surface area (TPSA) is 74.3 Å². The summed E-state index contributed by atoms with van der Waals surface area (Å²) >= 11 is 0. The Morgan fingerprint density at radius 2 is 1.50 bits per heavy atom. The first-order valence-electron chi connectivity index (χ1n) is 8.89. The molecule has 0 aromatic carbocycles. The van der Waals surface area contributed by atoms with E-state index >= 15 is 0 Å². The van der Waals surface area contributed by atoms with Crippen LogP contribution in [0.5, 0.6) is 0 Å². The molecule has 1 aromatic heterocycles. The third-order valence-electron chi connectivity index (χ3n) is 4.52. The van der Waals surface area contributed by atoms with Gasteiger partial charge in [-0.1, -0.05) is 25.3 Å². The second-order valence-electron chi connectivity index (χ2n) is 6.39. The number of urea groups is 1. The molecule has 2 N–H and O–H groups in total. The van der Waals surface area contributed by atoms with Crippen LogP contribution in [-0.2, 0) is 4.79 Å². The summed E-state index contributed by atoms with van der Waals surface area (Å²) in [7, 11) is 0. The smallest absolute Gasteiger partial charge is 0.315 e. The van der Waals surface area contributed by atoms with Crippen molar-refractivity contribution in [1.82, 2.24) is 20.5 Å². The number of nitrogens with zero attached hydrogens (tertiary/aromatic N) is 2. The number of pyridine rings is 1. The van der Waals surface area contributed by atoms with Crippen molar-refractivity contribution < 1.29 is 9.59 Å². The largest absolute Gasteiger partial charge is 0.345 e. The molecule has 3 amide bonds. The molecule has 0 radical (unpaired) electrons. The molecule has 0 atom stereocenters. The second kappa shape index (κ2) is 10.6. The maximum Gasteiger partial charge on any atom is 0.315 e. The average Bonchev–Trinajstić information content (AvgIpc) is 2.65. The maximum absolute atomic E-state index is 11.8. The molecule has 24 heavy (non-hydrogen) atoms. The number of likely N-dealkylation sites (tertiary alicyclic amines) is 1. The number of nitrogens with one attached hydrogen (secondary N) is 2. The fraction of sp³-hybridized carbons (Fsp3) is 0.611. The number of carbonyl (C=O) groups excluding carboxylic acids is 2. The molecule has 2 fully saturated rings. The molecule has 2 aliphatic rings. The van der Waals surface area contributed by atoms with Crippen LogP contribution < -0.4 is 10.6 Å². The Bertz CT molecular complexity index is 442. The molecule has 1 saturated heterocycles. The van der Waals surface area contributed by atoms with E-state index in [1.807, 2.05) is 18.2 Å². The molecule has 1 aliphatic carbocycles. The molecule has 6 heteroatoms. The van der Waals surface area contributed by atoms with E-state index in [-0.39, 0.29) is 12.1 Å². The maximum atomic E-state index is 11.8. The fourth-order valence-corrected chi connectivity index (χ4v) is 3.12. The summed E-state index contributed by atoms with van der Waals surface area (Å²) in [5.41, 5.74) is 0. The van der Waals surface area contributed by atoms with Gasteiger partial charge in [-0.3, -0.25) is 9.78 Å². The number of hydrogen-bond donors (Lipinski definition) is 2. The Labute approximate surface area is 144 Å². The van der Waals surface area contributed by atoms with Crippen LogP contribution in [0.25, 0.3) is 0 Å². The first-order valence-corrected chi connectivity index (χ1v) is 8.89. The van der Waals surface area contributed by atoms with Gasteiger partial charge in [0.1, 0.15) is 0 Å². The highest BCUT2D eigenvalue weighted by molar-refractivity contribution is 5.74. The van der Waals surface area contributed by atoms with Crippen molar-refractivity contribution in [2.24, 2.45) is 0 Å². The number of rotatable bonds is 3. The molecule has 2 heterocycles. The summed E-state index contributed by atoms with van der Waals surface area (Å²) in [6.45, 7) is 1.50. The summed E-state index contributed by atoms with van der Waals surface area (Å²) in [6.07, 6.45) is 12.1. The molecular formula is C18H28N4O2. The standard InChI is InChI=1S/C13H23N3O2.C5H5N/c17-10-16-8-6-12(7-9-16)15-13(18)14-11-4-2-1-3-5-11;1-2-4-6-5-3-1/h10-12H,1-9H2,(H2,14,15,18);1-5H. The summed E-state index contributed by atoms with van der Waals surface area (Å²) in [6, 6.07) is 6.25. The van der Waals surface area contributed by atoms with Crippen LogP contribution in [0.1, 0.15) is 44.9 Å². The summed E-state index contributed by atoms with van der Waals surface area (Å²) < 4.78 is 0. The number of carbonyl (C=O) groups is 2. The molecule has 3 rings (SSSR count). The highest BCUT2D eigenvalue weighted by Crippen LogP contribution is 2.17. The van der Waals surface area contributed by atoms with E-state index < -0.39 is 0 Å². The van der Waals surface area contributed by atoms with Crippen molar-refractivity contribution in [3.05, 3.63) is 30.6 Å². The SMILES string of the molecule is O=CN1CCC(NC(=O)NC2CCCCC2)CC1.c1ccncc1. The van der Waals surface area contributed by atoms with Gasteiger partial charge in [0.05, 0.1) is 0 Å². The predicted molar refractivity (Wildman–Crippen MR) is 93.4 cm³/mol. The lowest BCUT2D eigenvalue weighted by Gasteiger charge is -2.30. The van der Waals surface area contributed by atoms with Gasteiger partial charge in [-0.2, -0.15) is 0 Å². The zero-order valence-electron chi connectivity index (χ0n) is 14.2. The van der Waals surface area contributed by atoms with Crippen LogP contribution in [0, 0.1) is 0 Å². The van der Waals surface area contributed by atoms with Gasteiger partial charge >= 0.3 is 6.03 Å². The van der Waals surface area contributed by atoms with Crippen LogP contribution in [0.15, 0.2) is 30.6 Å². The van der Waals surface area contributed by atoms with Crippen LogP contribution in [0.2, 0.25) is 0 Å². The second-order valence-corrected chi connectivity index (χ2v) is 6.39. The fourth-order valence-electron chi connectivity index (χ4n) is 3.12. The lowest BCUT2D eigenvalue weighted by atomic mass is 9.96. The summed E-state index contributed by atoms with van der Waals surface area (Å²) in [5.74, 6) is 0. The van der Waals surface area contributed by atoms with Gasteiger partial charge in [-0.15, -0.1) is 0 Å². The first-order chi connectivity index (χ1) is 11.8. The molecule has 6 nitrogen and oxygen atoms in total. The Kier molecular flexibility index (Phi) is 8.07. The van der Waals surface area contributed by atoms with E-state index in [9.17, 15) is 9.59 Å². The third kappa shape index (κ3) is 6.98. The van der Waals surface area contributed by atoms with Crippen LogP contribution >= 0.6 is 0 Å². The molecule has 1 aromatic rings. The van der Waals surface area contributed by atoms with Crippen molar-refractivity contribution in [3.8, 4) is 0 Å². The Balaban J connectivity index is 0.000000292. The van der Waals surface area contributed by atoms with Crippen LogP contribution in [0.4, 0.5) is 4.79 Å². The number of amides is 3. The minimum Gasteiger partial charge on any atom is -0.345 e. The van der Waals surface area contributed by atoms with Gasteiger partial charge in [0.25, 0.3) is 0 Å². The summed E-state index contributed by atoms with van der Waals surface area (Å²) in [5, 5.41) is 6.08. The zero-order valence-corrected chi connectivity index (χ0v) is 14.2. The minimum absolute atomic E-state index is 0.0357. The average molecular weight is 332 g/mol. The highest BCUT2D eigenvalue weighted by Gasteiger charge is 2.21. The highest BCUT2D eigenvalue weighted by atomic mass is 16.2. The monoisotopic (exact) mass is 332 g/mol. The Morgan fingerprint density at radius 3 is 1.96 bits per heavy atom. The predicted octanol–water partition coefficient (Wildman–Crippen LogP) is 2.32. The van der Waals surface area contributed by atoms with E-state index in [1.165, 1.54) is 19.3 Å². The van der Waals surface area contributed by atoms with E-state index in [0.29, 0.717) is 6.04 Å². The number of hydrogen-bond acceptors (Lipinski definition) is 3. The van der Waals surface area contributed by atoms with Crippen LogP contribution in [0.3, 0.4) is 0 Å². The van der Waals surface area contributed by atoms with Crippen LogP contribution in [-0.4, -0.2) is 47.5 Å². The zero-order chi connectivity index (χ0) is 17.0. The van der Waals surface area contributed by atoms with E-state index in [1.54, 1.807) is 17.3 Å². The molecule has 1 aliphatic heterocycles. The van der Waals surface area contributed by atoms with Gasteiger partial charge < -0.3 is 15.5 Å². The molecular weight excluding hydrogens is 304 g/mol. The van der Waals surface area contributed by atoms with Crippen molar-refractivity contribution in [1.29, 1.82) is 0 Å². The quantitative estimate of drug-likeness (QED) is 0.834. The molecule has 1 saturated carbocycles. The molecule has 0 spiro atoms. The van der Waals surface area contributed by atoms with E-state index in [0.717, 1.165) is 45.2 Å². The minimum atomic E-state index is -0.0357. The Morgan fingerprint density at radius 1 is 0.917 bits per heavy atom. The number of aromatic nitrogens is 1. The van der Waals surface area contributed by atoms with Crippen molar-refractivity contribution in [2.75, 3.05) is 13.1 Å². The number of piperidine rings is 1. The van der Waals surface area contributed by atoms with Crippen molar-refractivity contribution in [3.63, 3.8) is 0 Å². The van der Waals surface area contributed by atoms with Crippen molar-refractivity contribution in [2.45, 2.75) is 57.0 Å². The van der Waals surface area contributed by atoms with Gasteiger partial charge in [0.2, 0.25) is 6.41 Å². The first kappa shape index (κ1) is 18.2. The van der Waals surface area contributed by atoms with Gasteiger partial charge in [-0.05, 0) is 37.8 Å². The Hall–Kier alpha value is -2.11. The normalized spacial score (nSPS) is 18.9.